The van der Waals surface area contributed by atoms with E-state index in [0.717, 1.165) is 43.1 Å². The number of pyridine rings is 2. The van der Waals surface area contributed by atoms with Gasteiger partial charge in [0.15, 0.2) is 0 Å². The van der Waals surface area contributed by atoms with Gasteiger partial charge in [-0.25, -0.2) is 4.98 Å². The number of aromatic nitrogens is 2. The number of fused-ring (bicyclic) bond motifs is 5. The number of hydrogen-bond acceptors (Lipinski definition) is 4. The summed E-state index contributed by atoms with van der Waals surface area (Å²) in [7, 11) is 3.25. The molecule has 0 aliphatic rings. The van der Waals surface area contributed by atoms with Gasteiger partial charge in [-0.3, -0.25) is 4.40 Å². The van der Waals surface area contributed by atoms with Gasteiger partial charge in [-0.2, -0.15) is 5.26 Å². The van der Waals surface area contributed by atoms with Crippen LogP contribution in [0.3, 0.4) is 0 Å². The highest BCUT2D eigenvalue weighted by Crippen LogP contribution is 2.43. The first kappa shape index (κ1) is 18.5. The molecule has 2 aromatic carbocycles. The highest BCUT2D eigenvalue weighted by molar-refractivity contribution is 9.10. The summed E-state index contributed by atoms with van der Waals surface area (Å²) in [5.41, 5.74) is 3.87. The first-order chi connectivity index (χ1) is 14.7. The lowest BCUT2D eigenvalue weighted by Gasteiger charge is -2.14. The van der Waals surface area contributed by atoms with Crippen molar-refractivity contribution in [2.45, 2.75) is 0 Å². The number of nitriles is 1. The second-order valence-electron chi connectivity index (χ2n) is 6.86. The number of hydrogen-bond donors (Lipinski definition) is 0. The highest BCUT2D eigenvalue weighted by Gasteiger charge is 2.22. The quantitative estimate of drug-likeness (QED) is 0.335. The predicted molar refractivity (Wildman–Crippen MR) is 121 cm³/mol. The Morgan fingerprint density at radius 1 is 1.00 bits per heavy atom. The van der Waals surface area contributed by atoms with E-state index in [1.807, 2.05) is 65.2 Å². The molecule has 30 heavy (non-hydrogen) atoms. The Kier molecular flexibility index (Phi) is 4.34. The second-order valence-corrected chi connectivity index (χ2v) is 7.78. The molecule has 3 aromatic heterocycles. The van der Waals surface area contributed by atoms with Crippen molar-refractivity contribution in [1.29, 1.82) is 5.26 Å². The Hall–Kier alpha value is -3.56. The van der Waals surface area contributed by atoms with Crippen LogP contribution in [-0.4, -0.2) is 23.6 Å². The molecule has 5 rings (SSSR count). The SMILES string of the molecule is COc1cc(OC)c2c(-c3ccc(Br)cc3)nc3c(c(C#N)c4ccccn43)c2c1. The van der Waals surface area contributed by atoms with E-state index < -0.39 is 0 Å². The maximum absolute atomic E-state index is 9.99. The van der Waals surface area contributed by atoms with Crippen LogP contribution in [-0.2, 0) is 0 Å². The Morgan fingerprint density at radius 2 is 1.80 bits per heavy atom. The smallest absolute Gasteiger partial charge is 0.147 e. The molecule has 0 saturated carbocycles. The summed E-state index contributed by atoms with van der Waals surface area (Å²) in [5.74, 6) is 1.31. The van der Waals surface area contributed by atoms with Gasteiger partial charge in [0.1, 0.15) is 23.2 Å². The fraction of sp³-hybridized carbons (Fsp3) is 0.0833. The Balaban J connectivity index is 2.07. The molecule has 0 N–H and O–H groups in total. The molecule has 5 aromatic rings. The van der Waals surface area contributed by atoms with E-state index in [0.29, 0.717) is 17.1 Å². The minimum Gasteiger partial charge on any atom is -0.497 e. The van der Waals surface area contributed by atoms with Crippen LogP contribution in [0.4, 0.5) is 0 Å². The zero-order valence-corrected chi connectivity index (χ0v) is 17.9. The first-order valence-corrected chi connectivity index (χ1v) is 10.1. The van der Waals surface area contributed by atoms with Gasteiger partial charge in [0.25, 0.3) is 0 Å². The maximum atomic E-state index is 9.99. The molecule has 0 spiro atoms. The minimum atomic E-state index is 0.584. The van der Waals surface area contributed by atoms with Gasteiger partial charge in [0, 0.05) is 33.1 Å². The standard InChI is InChI=1S/C24H16BrN3O2/c1-29-16-11-17-21-18(13-26)19-5-3-4-10-28(19)24(21)27-23(22(17)20(12-16)30-2)14-6-8-15(25)9-7-14/h3-12H,1-2H3. The molecular weight excluding hydrogens is 442 g/mol. The van der Waals surface area contributed by atoms with Crippen molar-refractivity contribution in [3.63, 3.8) is 0 Å². The second kappa shape index (κ2) is 7.05. The molecule has 146 valence electrons. The number of rotatable bonds is 3. The Morgan fingerprint density at radius 3 is 2.50 bits per heavy atom. The van der Waals surface area contributed by atoms with Gasteiger partial charge in [-0.1, -0.05) is 34.1 Å². The van der Waals surface area contributed by atoms with Crippen LogP contribution in [0.1, 0.15) is 5.56 Å². The van der Waals surface area contributed by atoms with Gasteiger partial charge < -0.3 is 9.47 Å². The average Bonchev–Trinajstić information content (AvgIpc) is 3.12. The molecule has 0 saturated heterocycles. The molecule has 6 heteroatoms. The van der Waals surface area contributed by atoms with Gasteiger partial charge in [-0.15, -0.1) is 0 Å². The highest BCUT2D eigenvalue weighted by atomic mass is 79.9. The van der Waals surface area contributed by atoms with Gasteiger partial charge in [0.2, 0.25) is 0 Å². The van der Waals surface area contributed by atoms with Crippen molar-refractivity contribution >= 4 is 43.3 Å². The van der Waals surface area contributed by atoms with Gasteiger partial charge in [0.05, 0.1) is 36.4 Å². The van der Waals surface area contributed by atoms with Crippen LogP contribution in [0.5, 0.6) is 11.5 Å². The molecule has 0 bridgehead atoms. The molecule has 0 amide bonds. The number of nitrogens with zero attached hydrogens (tertiary/aromatic N) is 3. The summed E-state index contributed by atoms with van der Waals surface area (Å²) in [6, 6.07) is 20.0. The van der Waals surface area contributed by atoms with Crippen molar-refractivity contribution in [2.24, 2.45) is 0 Å². The molecule has 0 fully saturated rings. The number of methoxy groups -OCH3 is 2. The van der Waals surface area contributed by atoms with Crippen LogP contribution in [0.2, 0.25) is 0 Å². The monoisotopic (exact) mass is 457 g/mol. The van der Waals surface area contributed by atoms with Crippen LogP contribution in [0, 0.1) is 11.3 Å². The number of benzene rings is 2. The van der Waals surface area contributed by atoms with Crippen molar-refractivity contribution in [1.82, 2.24) is 9.38 Å². The lowest BCUT2D eigenvalue weighted by atomic mass is 9.99. The topological polar surface area (TPSA) is 59.5 Å². The lowest BCUT2D eigenvalue weighted by Crippen LogP contribution is -1.96. The zero-order valence-electron chi connectivity index (χ0n) is 16.3. The molecule has 0 aliphatic carbocycles. The van der Waals surface area contributed by atoms with Crippen LogP contribution < -0.4 is 9.47 Å². The molecule has 0 unspecified atom stereocenters. The van der Waals surface area contributed by atoms with E-state index in [4.69, 9.17) is 14.5 Å². The van der Waals surface area contributed by atoms with E-state index in [1.54, 1.807) is 14.2 Å². The fourth-order valence-electron chi connectivity index (χ4n) is 3.96. The third-order valence-electron chi connectivity index (χ3n) is 5.30. The Labute approximate surface area is 181 Å². The van der Waals surface area contributed by atoms with E-state index in [9.17, 15) is 5.26 Å². The van der Waals surface area contributed by atoms with Crippen LogP contribution in [0.15, 0.2) is 65.3 Å². The number of halogens is 1. The summed E-state index contributed by atoms with van der Waals surface area (Å²) in [4.78, 5) is 5.04. The molecule has 3 heterocycles. The van der Waals surface area contributed by atoms with Crippen molar-refractivity contribution in [3.05, 3.63) is 70.8 Å². The van der Waals surface area contributed by atoms with Crippen molar-refractivity contribution in [2.75, 3.05) is 14.2 Å². The third kappa shape index (κ3) is 2.63. The van der Waals surface area contributed by atoms with Crippen molar-refractivity contribution in [3.8, 4) is 28.8 Å². The molecule has 0 aliphatic heterocycles. The number of ether oxygens (including phenoxy) is 2. The summed E-state index contributed by atoms with van der Waals surface area (Å²) < 4.78 is 14.2. The first-order valence-electron chi connectivity index (χ1n) is 9.30. The van der Waals surface area contributed by atoms with E-state index in [-0.39, 0.29) is 0 Å². The lowest BCUT2D eigenvalue weighted by molar-refractivity contribution is 0.398. The summed E-state index contributed by atoms with van der Waals surface area (Å²) >= 11 is 3.50. The maximum Gasteiger partial charge on any atom is 0.147 e. The summed E-state index contributed by atoms with van der Waals surface area (Å²) in [6.07, 6.45) is 1.93. The van der Waals surface area contributed by atoms with Crippen LogP contribution in [0.25, 0.3) is 38.6 Å². The van der Waals surface area contributed by atoms with Gasteiger partial charge >= 0.3 is 0 Å². The Bertz CT molecular complexity index is 1480. The van der Waals surface area contributed by atoms with Gasteiger partial charge in [-0.05, 0) is 30.3 Å². The van der Waals surface area contributed by atoms with E-state index >= 15 is 0 Å². The molecule has 5 nitrogen and oxygen atoms in total. The van der Waals surface area contributed by atoms with E-state index in [2.05, 4.69) is 22.0 Å². The third-order valence-corrected chi connectivity index (χ3v) is 5.83. The average molecular weight is 458 g/mol. The molecule has 0 radical (unpaired) electrons. The summed E-state index contributed by atoms with van der Waals surface area (Å²) in [6.45, 7) is 0. The fourth-order valence-corrected chi connectivity index (χ4v) is 4.22. The predicted octanol–water partition coefficient (Wildman–Crippen LogP) is 5.96. The zero-order chi connectivity index (χ0) is 20.8. The largest absolute Gasteiger partial charge is 0.497 e. The summed E-state index contributed by atoms with van der Waals surface area (Å²) in [5, 5.41) is 12.5. The molecular formula is C24H16BrN3O2. The van der Waals surface area contributed by atoms with E-state index in [1.165, 1.54) is 0 Å². The van der Waals surface area contributed by atoms with Crippen LogP contribution >= 0.6 is 15.9 Å². The molecule has 0 atom stereocenters. The normalized spacial score (nSPS) is 11.1. The van der Waals surface area contributed by atoms with Crippen molar-refractivity contribution < 1.29 is 9.47 Å². The minimum absolute atomic E-state index is 0.584.